The average molecular weight is 620 g/mol. The molecule has 1 fully saturated rings. The van der Waals surface area contributed by atoms with Crippen LogP contribution in [0.15, 0.2) is 0 Å². The number of rotatable bonds is 11. The summed E-state index contributed by atoms with van der Waals surface area (Å²) in [5.74, 6) is -0.437. The zero-order valence-corrected chi connectivity index (χ0v) is 22.9. The molecule has 0 aromatic carbocycles. The first-order chi connectivity index (χ1) is 14.2. The molecule has 16 nitrogen and oxygen atoms in total. The maximum absolute atomic E-state index is 11.7. The highest BCUT2D eigenvalue weighted by Gasteiger charge is 2.49. The summed E-state index contributed by atoms with van der Waals surface area (Å²) in [6, 6.07) is -2.72. The van der Waals surface area contributed by atoms with Gasteiger partial charge in [-0.3, -0.25) is 23.1 Å². The quantitative estimate of drug-likeness (QED) is 0.0960. The molecule has 1 saturated carbocycles. The summed E-state index contributed by atoms with van der Waals surface area (Å²) >= 11 is 0. The molecule has 1 aliphatic rings. The normalized spacial score (nSPS) is 22.1. The Labute approximate surface area is 207 Å². The van der Waals surface area contributed by atoms with E-state index >= 15 is 0 Å². The second-order valence-electron chi connectivity index (χ2n) is 8.03. The van der Waals surface area contributed by atoms with Crippen LogP contribution in [-0.2, 0) is 23.1 Å². The summed E-state index contributed by atoms with van der Waals surface area (Å²) in [4.78, 5) is 86.3. The van der Waals surface area contributed by atoms with Crippen LogP contribution in [-0.4, -0.2) is 88.3 Å². The Morgan fingerprint density at radius 2 is 1.03 bits per heavy atom. The van der Waals surface area contributed by atoms with E-state index in [9.17, 15) is 62.2 Å². The van der Waals surface area contributed by atoms with Crippen LogP contribution >= 0.6 is 30.4 Å². The molecule has 0 radical (unpaired) electrons. The van der Waals surface area contributed by atoms with Crippen molar-refractivity contribution in [2.75, 3.05) is 25.1 Å². The van der Waals surface area contributed by atoms with Crippen LogP contribution in [0.25, 0.3) is 0 Å². The summed E-state index contributed by atoms with van der Waals surface area (Å²) in [5, 5.41) is 2.59. The van der Waals surface area contributed by atoms with Gasteiger partial charge in [0.25, 0.3) is 0 Å². The van der Waals surface area contributed by atoms with Gasteiger partial charge in [0.05, 0.1) is 0 Å². The molecule has 0 bridgehead atoms. The number of carbonyl (C=O) groups excluding carboxylic acids is 1. The van der Waals surface area contributed by atoms with E-state index in [2.05, 4.69) is 5.32 Å². The monoisotopic (exact) mass is 619 g/mol. The van der Waals surface area contributed by atoms with Gasteiger partial charge in [0.15, 0.2) is 25.1 Å². The lowest BCUT2D eigenvalue weighted by molar-refractivity contribution is -0.978. The molecule has 3 atom stereocenters. The number of nitrogens with one attached hydrogen (secondary N) is 3. The molecule has 206 valence electrons. The van der Waals surface area contributed by atoms with Crippen LogP contribution in [0.3, 0.4) is 0 Å². The van der Waals surface area contributed by atoms with Gasteiger partial charge in [0, 0.05) is 25.8 Å². The predicted molar refractivity (Wildman–Crippen MR) is 109 cm³/mol. The molecule has 22 heteroatoms. The number of carbonyl (C=O) groups is 1. The summed E-state index contributed by atoms with van der Waals surface area (Å²) < 4.78 is 46.6. The van der Waals surface area contributed by atoms with Gasteiger partial charge in [-0.25, -0.2) is 0 Å². The average Bonchev–Trinajstić information content (AvgIpc) is 2.47. The molecule has 1 amide bonds. The van der Waals surface area contributed by atoms with Crippen LogP contribution < -0.4 is 39.9 Å². The van der Waals surface area contributed by atoms with Crippen LogP contribution in [0.5, 0.6) is 0 Å². The van der Waals surface area contributed by atoms with Gasteiger partial charge < -0.3 is 79.1 Å². The van der Waals surface area contributed by atoms with Crippen molar-refractivity contribution in [3.05, 3.63) is 0 Å². The topological polar surface area (TPSA) is 268 Å². The van der Waals surface area contributed by atoms with Crippen LogP contribution in [0, 0.1) is 0 Å². The van der Waals surface area contributed by atoms with Gasteiger partial charge in [0.1, 0.15) is 12.1 Å². The van der Waals surface area contributed by atoms with Crippen LogP contribution in [0.4, 0.5) is 0 Å². The van der Waals surface area contributed by atoms with E-state index in [1.54, 1.807) is 0 Å². The number of quaternary nitrogens is 2. The third-order valence-electron chi connectivity index (χ3n) is 4.94. The smallest absolute Gasteiger partial charge is 0.379 e. The highest BCUT2D eigenvalue weighted by molar-refractivity contribution is 7.52. The van der Waals surface area contributed by atoms with Gasteiger partial charge >= 0.3 is 30.4 Å². The van der Waals surface area contributed by atoms with E-state index in [1.165, 1.54) is 6.92 Å². The van der Waals surface area contributed by atoms with E-state index in [4.69, 9.17) is 0 Å². The molecule has 0 aromatic rings. The molecule has 0 spiro atoms. The first kappa shape index (κ1) is 36.7. The Kier molecular flexibility index (Phi) is 15.0. The summed E-state index contributed by atoms with van der Waals surface area (Å²) in [6.45, 7) is 1.22. The molecule has 0 aromatic heterocycles. The third kappa shape index (κ3) is 15.6. The molecule has 0 aliphatic heterocycles. The fraction of sp³-hybridized carbons (Fsp3) is 0.917. The van der Waals surface area contributed by atoms with Crippen molar-refractivity contribution in [2.24, 2.45) is 0 Å². The summed E-state index contributed by atoms with van der Waals surface area (Å²) in [7, 11) is -19.3. The number of hydrogen-bond donors (Lipinski definition) is 11. The second kappa shape index (κ2) is 13.9. The fourth-order valence-corrected chi connectivity index (χ4v) is 8.01. The molecule has 0 saturated heterocycles. The fourth-order valence-electron chi connectivity index (χ4n) is 4.16. The maximum Gasteiger partial charge on any atom is 0.379 e. The van der Waals surface area contributed by atoms with E-state index in [-0.39, 0.29) is 53.9 Å². The van der Waals surface area contributed by atoms with Crippen molar-refractivity contribution in [3.63, 3.8) is 0 Å². The zero-order valence-electron chi connectivity index (χ0n) is 17.8. The Morgan fingerprint density at radius 1 is 0.706 bits per heavy atom. The maximum atomic E-state index is 11.7. The van der Waals surface area contributed by atoms with E-state index in [0.29, 0.717) is 0 Å². The van der Waals surface area contributed by atoms with Crippen molar-refractivity contribution in [1.29, 1.82) is 0 Å². The molecule has 34 heavy (non-hydrogen) atoms. The lowest BCUT2D eigenvalue weighted by Gasteiger charge is -2.42. The first-order valence-corrected chi connectivity index (χ1v) is 16.5. The summed E-state index contributed by atoms with van der Waals surface area (Å²) in [5.41, 5.74) is 0. The summed E-state index contributed by atoms with van der Waals surface area (Å²) in [6.07, 6.45) is -3.96. The van der Waals surface area contributed by atoms with Gasteiger partial charge in [-0.1, -0.05) is 0 Å². The highest BCUT2D eigenvalue weighted by atomic mass is 35.5. The Balaban J connectivity index is 0. The van der Waals surface area contributed by atoms with Crippen molar-refractivity contribution >= 4 is 36.3 Å². The first-order valence-electron chi connectivity index (χ1n) is 9.30. The van der Waals surface area contributed by atoms with E-state index < -0.39 is 79.6 Å². The molecule has 1 aliphatic carbocycles. The minimum atomic E-state index is -4.84. The largest absolute Gasteiger partial charge is 1.00 e. The Hall–Kier alpha value is 0.570. The van der Waals surface area contributed by atoms with Gasteiger partial charge in [-0.15, -0.1) is 0 Å². The molecule has 11 N–H and O–H groups in total. The zero-order chi connectivity index (χ0) is 25.1. The van der Waals surface area contributed by atoms with Gasteiger partial charge in [-0.05, 0) is 6.42 Å². The minimum Gasteiger partial charge on any atom is -1.00 e. The van der Waals surface area contributed by atoms with Crippen molar-refractivity contribution < 1.29 is 96.8 Å². The molecule has 0 heterocycles. The van der Waals surface area contributed by atoms with Gasteiger partial charge in [-0.2, -0.15) is 0 Å². The second-order valence-corrected chi connectivity index (χ2v) is 14.6. The lowest BCUT2D eigenvalue weighted by atomic mass is 9.85. The lowest BCUT2D eigenvalue weighted by Crippen LogP contribution is -3.26. The number of hydrogen-bond acceptors (Lipinski definition) is 5. The van der Waals surface area contributed by atoms with Gasteiger partial charge in [0.2, 0.25) is 5.91 Å². The van der Waals surface area contributed by atoms with Crippen molar-refractivity contribution in [1.82, 2.24) is 5.32 Å². The van der Waals surface area contributed by atoms with Crippen molar-refractivity contribution in [3.8, 4) is 0 Å². The van der Waals surface area contributed by atoms with Crippen molar-refractivity contribution in [2.45, 2.75) is 44.3 Å². The number of halogens is 2. The Morgan fingerprint density at radius 3 is 1.32 bits per heavy atom. The van der Waals surface area contributed by atoms with Crippen LogP contribution in [0.1, 0.15) is 26.2 Å². The third-order valence-corrected chi connectivity index (χ3v) is 8.22. The molecule has 0 unspecified atom stereocenters. The highest BCUT2D eigenvalue weighted by Crippen LogP contribution is 2.37. The molecular weight excluding hydrogens is 589 g/mol. The standard InChI is InChI=1S/C12H29N3O13P4.2ClH/c1-9(16)13-10-2-3-11(14(5-29(17,18)19)6-30(20,21)22)12(4-10)15(7-31(23,24)25)8-32(26,27)28;;/h10-12H,2-8H2,1H3,(H,13,16)(H2,17,18,19)(H2,20,21,22)(H2,23,24,25)(H2,26,27,28);2*1H/t10-,11+,12+;;/m1../s1. The van der Waals surface area contributed by atoms with E-state index in [0.717, 1.165) is 0 Å². The van der Waals surface area contributed by atoms with Crippen LogP contribution in [0.2, 0.25) is 0 Å². The molecule has 1 rings (SSSR count). The SMILES string of the molecule is CC(=O)N[C@@H]1CC[C@H]([NH+](CP(=O)(O)O)CP(=O)(O)O)[C@@H]([NH+](CP(=O)(O)O)CP(=O)(O)O)C1.[Cl-].[Cl-]. The Bertz CT molecular complexity index is 810. The number of amides is 1. The minimum absolute atomic E-state index is 0. The van der Waals surface area contributed by atoms with E-state index in [1.807, 2.05) is 0 Å². The molecular formula is C12H31Cl2N3O13P4. The predicted octanol–water partition coefficient (Wildman–Crippen LogP) is -10.3.